The summed E-state index contributed by atoms with van der Waals surface area (Å²) in [5.74, 6) is 0.698. The number of benzene rings is 3. The van der Waals surface area contributed by atoms with E-state index in [1.54, 1.807) is 48.5 Å². The number of nitrogens with one attached hydrogen (secondary N) is 3. The summed E-state index contributed by atoms with van der Waals surface area (Å²) in [6.07, 6.45) is 4.02. The summed E-state index contributed by atoms with van der Waals surface area (Å²) in [4.78, 5) is 29.2. The van der Waals surface area contributed by atoms with Gasteiger partial charge in [-0.3, -0.25) is 9.52 Å². The molecule has 2 aromatic heterocycles. The smallest absolute Gasteiger partial charge is 0.263 e. The lowest BCUT2D eigenvalue weighted by atomic mass is 10.2. The Hall–Kier alpha value is -5.30. The van der Waals surface area contributed by atoms with Crippen LogP contribution in [0.3, 0.4) is 0 Å². The highest BCUT2D eigenvalue weighted by Gasteiger charge is 2.20. The van der Waals surface area contributed by atoms with Gasteiger partial charge in [0.2, 0.25) is 0 Å². The molecular formula is C27H23N7O5S. The van der Waals surface area contributed by atoms with E-state index in [1.165, 1.54) is 51.1 Å². The zero-order valence-electron chi connectivity index (χ0n) is 21.3. The largest absolute Gasteiger partial charge is 0.497 e. The number of hydrogen-bond donors (Lipinski definition) is 3. The van der Waals surface area contributed by atoms with E-state index in [4.69, 9.17) is 9.47 Å². The van der Waals surface area contributed by atoms with Crippen LogP contribution >= 0.6 is 0 Å². The molecule has 0 saturated heterocycles. The third kappa shape index (κ3) is 5.89. The van der Waals surface area contributed by atoms with Crippen molar-refractivity contribution in [3.05, 3.63) is 91.0 Å². The summed E-state index contributed by atoms with van der Waals surface area (Å²) in [5.41, 5.74) is 2.07. The number of rotatable bonds is 9. The number of methoxy groups -OCH3 is 2. The molecule has 2 heterocycles. The maximum absolute atomic E-state index is 13.5. The number of nitrogens with zero attached hydrogens (tertiary/aromatic N) is 4. The molecule has 12 nitrogen and oxygen atoms in total. The van der Waals surface area contributed by atoms with Crippen LogP contribution < -0.4 is 24.8 Å². The Morgan fingerprint density at radius 3 is 2.08 bits per heavy atom. The molecule has 202 valence electrons. The van der Waals surface area contributed by atoms with Gasteiger partial charge in [0.05, 0.1) is 35.7 Å². The molecule has 13 heteroatoms. The summed E-state index contributed by atoms with van der Waals surface area (Å²) in [7, 11) is -1.11. The first-order chi connectivity index (χ1) is 19.3. The molecule has 5 aromatic rings. The van der Waals surface area contributed by atoms with Crippen molar-refractivity contribution in [2.24, 2.45) is 0 Å². The maximum atomic E-state index is 13.5. The quantitative estimate of drug-likeness (QED) is 0.239. The van der Waals surface area contributed by atoms with Crippen molar-refractivity contribution < 1.29 is 22.7 Å². The lowest BCUT2D eigenvalue weighted by Crippen LogP contribution is -2.17. The van der Waals surface area contributed by atoms with Gasteiger partial charge >= 0.3 is 0 Å². The molecule has 0 aliphatic rings. The second-order valence-electron chi connectivity index (χ2n) is 8.35. The molecule has 0 unspecified atom stereocenters. The van der Waals surface area contributed by atoms with Crippen molar-refractivity contribution in [3.8, 4) is 11.5 Å². The Kier molecular flexibility index (Phi) is 7.37. The van der Waals surface area contributed by atoms with E-state index in [9.17, 15) is 13.2 Å². The van der Waals surface area contributed by atoms with Crippen LogP contribution in [-0.2, 0) is 10.0 Å². The minimum absolute atomic E-state index is 0.0311. The van der Waals surface area contributed by atoms with Crippen LogP contribution in [0.4, 0.5) is 23.0 Å². The van der Waals surface area contributed by atoms with Crippen molar-refractivity contribution in [1.82, 2.24) is 19.9 Å². The van der Waals surface area contributed by atoms with E-state index in [0.717, 1.165) is 0 Å². The Balaban J connectivity index is 1.48. The van der Waals surface area contributed by atoms with Crippen LogP contribution in [0.1, 0.15) is 10.4 Å². The van der Waals surface area contributed by atoms with Crippen LogP contribution in [-0.4, -0.2) is 48.5 Å². The van der Waals surface area contributed by atoms with E-state index in [1.807, 2.05) is 0 Å². The Morgan fingerprint density at radius 1 is 0.775 bits per heavy atom. The summed E-state index contributed by atoms with van der Waals surface area (Å²) < 4.78 is 40.1. The Bertz CT molecular complexity index is 1780. The summed E-state index contributed by atoms with van der Waals surface area (Å²) in [6.45, 7) is 0. The van der Waals surface area contributed by atoms with Gasteiger partial charge in [0.25, 0.3) is 15.9 Å². The predicted molar refractivity (Wildman–Crippen MR) is 150 cm³/mol. The van der Waals surface area contributed by atoms with Crippen LogP contribution in [0.25, 0.3) is 11.0 Å². The molecule has 0 aliphatic heterocycles. The Labute approximate surface area is 229 Å². The van der Waals surface area contributed by atoms with Crippen molar-refractivity contribution >= 4 is 50.0 Å². The van der Waals surface area contributed by atoms with Gasteiger partial charge < -0.3 is 20.1 Å². The van der Waals surface area contributed by atoms with Gasteiger partial charge in [-0.05, 0) is 30.3 Å². The second-order valence-corrected chi connectivity index (χ2v) is 10.0. The minimum Gasteiger partial charge on any atom is -0.497 e. The minimum atomic E-state index is -4.16. The highest BCUT2D eigenvalue weighted by molar-refractivity contribution is 7.92. The average Bonchev–Trinajstić information content (AvgIpc) is 2.97. The molecule has 0 atom stereocenters. The van der Waals surface area contributed by atoms with Gasteiger partial charge in [0, 0.05) is 42.0 Å². The standard InChI is InChI=1S/C27H23N7O5S/c1-38-20-10-19(11-21(13-20)39-2)30-25-26(33-24-9-4-3-8-23(24)32-25)34-40(36,37)22-7-5-6-18(12-22)31-27(35)17-14-28-16-29-15-17/h3-16H,1-2H3,(H,30,32)(H,31,35)(H,33,34). The summed E-state index contributed by atoms with van der Waals surface area (Å²) in [6, 6.07) is 18.0. The third-order valence-electron chi connectivity index (χ3n) is 5.64. The van der Waals surface area contributed by atoms with Crippen LogP contribution in [0.2, 0.25) is 0 Å². The number of carbonyl (C=O) groups excluding carboxylic acids is 1. The third-order valence-corrected chi connectivity index (χ3v) is 6.98. The molecule has 3 aromatic carbocycles. The molecule has 3 N–H and O–H groups in total. The van der Waals surface area contributed by atoms with Crippen LogP contribution in [0.5, 0.6) is 11.5 Å². The number of anilines is 4. The highest BCUT2D eigenvalue weighted by atomic mass is 32.2. The topological polar surface area (TPSA) is 157 Å². The first kappa shape index (κ1) is 26.3. The molecule has 0 radical (unpaired) electrons. The second kappa shape index (κ2) is 11.2. The zero-order chi connectivity index (χ0) is 28.1. The van der Waals surface area contributed by atoms with Gasteiger partial charge in [-0.25, -0.2) is 28.4 Å². The fourth-order valence-corrected chi connectivity index (χ4v) is 4.78. The monoisotopic (exact) mass is 557 g/mol. The maximum Gasteiger partial charge on any atom is 0.263 e. The van der Waals surface area contributed by atoms with E-state index < -0.39 is 15.9 Å². The van der Waals surface area contributed by atoms with E-state index >= 15 is 0 Å². The predicted octanol–water partition coefficient (Wildman–Crippen LogP) is 4.23. The molecule has 0 spiro atoms. The fourth-order valence-electron chi connectivity index (χ4n) is 3.72. The van der Waals surface area contributed by atoms with Gasteiger partial charge in [0.1, 0.15) is 17.8 Å². The van der Waals surface area contributed by atoms with E-state index in [-0.39, 0.29) is 27.8 Å². The van der Waals surface area contributed by atoms with Gasteiger partial charge in [-0.2, -0.15) is 0 Å². The normalized spacial score (nSPS) is 11.1. The lowest BCUT2D eigenvalue weighted by Gasteiger charge is -2.15. The van der Waals surface area contributed by atoms with Crippen molar-refractivity contribution in [2.45, 2.75) is 4.90 Å². The van der Waals surface area contributed by atoms with Crippen LogP contribution in [0, 0.1) is 0 Å². The first-order valence-corrected chi connectivity index (χ1v) is 13.3. The van der Waals surface area contributed by atoms with Gasteiger partial charge in [0.15, 0.2) is 11.6 Å². The molecule has 1 amide bonds. The van der Waals surface area contributed by atoms with Gasteiger partial charge in [-0.1, -0.05) is 18.2 Å². The Morgan fingerprint density at radius 2 is 1.43 bits per heavy atom. The number of ether oxygens (including phenoxy) is 2. The number of fused-ring (bicyclic) bond motifs is 1. The van der Waals surface area contributed by atoms with Gasteiger partial charge in [-0.15, -0.1) is 0 Å². The molecule has 0 bridgehead atoms. The fraction of sp³-hybridized carbons (Fsp3) is 0.0741. The lowest BCUT2D eigenvalue weighted by molar-refractivity contribution is 0.102. The summed E-state index contributed by atoms with van der Waals surface area (Å²) in [5, 5.41) is 5.76. The van der Waals surface area contributed by atoms with Crippen molar-refractivity contribution in [3.63, 3.8) is 0 Å². The molecule has 0 saturated carbocycles. The molecule has 0 aliphatic carbocycles. The number of carbonyl (C=O) groups is 1. The van der Waals surface area contributed by atoms with Crippen molar-refractivity contribution in [2.75, 3.05) is 29.6 Å². The first-order valence-electron chi connectivity index (χ1n) is 11.8. The summed E-state index contributed by atoms with van der Waals surface area (Å²) >= 11 is 0. The number of amides is 1. The zero-order valence-corrected chi connectivity index (χ0v) is 22.1. The number of hydrogen-bond acceptors (Lipinski definition) is 10. The molecule has 0 fully saturated rings. The highest BCUT2D eigenvalue weighted by Crippen LogP contribution is 2.31. The average molecular weight is 558 g/mol. The number of sulfonamides is 1. The van der Waals surface area contributed by atoms with E-state index in [0.29, 0.717) is 28.2 Å². The number of aromatic nitrogens is 4. The van der Waals surface area contributed by atoms with E-state index in [2.05, 4.69) is 35.3 Å². The van der Waals surface area contributed by atoms with Crippen LogP contribution in [0.15, 0.2) is 90.3 Å². The van der Waals surface area contributed by atoms with Crippen molar-refractivity contribution in [1.29, 1.82) is 0 Å². The molecule has 40 heavy (non-hydrogen) atoms. The molecule has 5 rings (SSSR count). The number of para-hydroxylation sites is 2. The molecular weight excluding hydrogens is 534 g/mol. The SMILES string of the molecule is COc1cc(Nc2nc3ccccc3nc2NS(=O)(=O)c2cccc(NC(=O)c3cncnc3)c2)cc(OC)c1.